The Morgan fingerprint density at radius 1 is 1.04 bits per heavy atom. The lowest BCUT2D eigenvalue weighted by molar-refractivity contribution is -0.134. The number of carboxylic acids is 2. The minimum absolute atomic E-state index is 0.0125. The summed E-state index contributed by atoms with van der Waals surface area (Å²) in [7, 11) is 0. The molecule has 0 fully saturated rings. The van der Waals surface area contributed by atoms with Gasteiger partial charge in [-0.05, 0) is 45.9 Å². The Morgan fingerprint density at radius 2 is 1.52 bits per heavy atom. The molecular formula is C17H21Cl2NO5. The Balaban J connectivity index is 0.000000609. The van der Waals surface area contributed by atoms with Gasteiger partial charge >= 0.3 is 11.9 Å². The molecule has 0 aromatic heterocycles. The third-order valence-corrected chi connectivity index (χ3v) is 3.35. The van der Waals surface area contributed by atoms with E-state index in [1.54, 1.807) is 18.2 Å². The van der Waals surface area contributed by atoms with Crippen LogP contribution in [0.25, 0.3) is 0 Å². The van der Waals surface area contributed by atoms with Crippen molar-refractivity contribution in [3.8, 4) is 0 Å². The molecule has 0 spiro atoms. The Kier molecular flexibility index (Phi) is 9.41. The molecule has 3 N–H and O–H groups in total. The molecule has 0 saturated carbocycles. The van der Waals surface area contributed by atoms with Gasteiger partial charge in [0.05, 0.1) is 16.1 Å². The Hall–Kier alpha value is -1.89. The topological polar surface area (TPSA) is 104 Å². The highest BCUT2D eigenvalue weighted by molar-refractivity contribution is 6.42. The molecule has 1 rings (SSSR count). The molecule has 25 heavy (non-hydrogen) atoms. The van der Waals surface area contributed by atoms with Crippen molar-refractivity contribution in [2.24, 2.45) is 0 Å². The third-order valence-electron chi connectivity index (χ3n) is 2.62. The van der Waals surface area contributed by atoms with Crippen LogP contribution in [0, 0.1) is 0 Å². The second-order valence-electron chi connectivity index (χ2n) is 6.12. The van der Waals surface area contributed by atoms with E-state index in [0.717, 1.165) is 0 Å². The van der Waals surface area contributed by atoms with Crippen LogP contribution in [0.1, 0.15) is 38.1 Å². The van der Waals surface area contributed by atoms with Gasteiger partial charge in [0.15, 0.2) is 5.78 Å². The van der Waals surface area contributed by atoms with E-state index >= 15 is 0 Å². The van der Waals surface area contributed by atoms with Crippen LogP contribution in [0.15, 0.2) is 30.4 Å². The Labute approximate surface area is 156 Å². The van der Waals surface area contributed by atoms with Crippen molar-refractivity contribution in [1.29, 1.82) is 0 Å². The number of halogens is 2. The zero-order chi connectivity index (χ0) is 19.8. The van der Waals surface area contributed by atoms with Gasteiger partial charge in [-0.3, -0.25) is 4.79 Å². The maximum absolute atomic E-state index is 12.1. The molecule has 0 aliphatic rings. The minimum Gasteiger partial charge on any atom is -0.478 e. The zero-order valence-electron chi connectivity index (χ0n) is 14.3. The van der Waals surface area contributed by atoms with E-state index in [9.17, 15) is 14.4 Å². The number of ketones is 1. The molecule has 6 nitrogen and oxygen atoms in total. The van der Waals surface area contributed by atoms with Crippen LogP contribution < -0.4 is 5.32 Å². The largest absolute Gasteiger partial charge is 0.478 e. The molecule has 0 amide bonds. The van der Waals surface area contributed by atoms with Crippen molar-refractivity contribution in [3.63, 3.8) is 0 Å². The molecule has 1 aromatic carbocycles. The van der Waals surface area contributed by atoms with Gasteiger partial charge in [0.2, 0.25) is 0 Å². The first-order valence-corrected chi connectivity index (χ1v) is 8.00. The van der Waals surface area contributed by atoms with Crippen molar-refractivity contribution in [2.45, 2.75) is 39.3 Å². The monoisotopic (exact) mass is 389 g/mol. The highest BCUT2D eigenvalue weighted by atomic mass is 35.5. The smallest absolute Gasteiger partial charge is 0.328 e. The molecule has 8 heteroatoms. The first kappa shape index (κ1) is 23.1. The summed E-state index contributed by atoms with van der Waals surface area (Å²) in [5.41, 5.74) is 0.467. The fraction of sp³-hybridized carbons (Fsp3) is 0.353. The number of rotatable bonds is 5. The fourth-order valence-electron chi connectivity index (χ4n) is 1.76. The van der Waals surface area contributed by atoms with E-state index in [-0.39, 0.29) is 17.4 Å². The lowest BCUT2D eigenvalue weighted by Crippen LogP contribution is -2.46. The quantitative estimate of drug-likeness (QED) is 0.524. The Morgan fingerprint density at radius 3 is 1.88 bits per heavy atom. The normalized spacial score (nSPS) is 12.2. The lowest BCUT2D eigenvalue weighted by Gasteiger charge is -2.25. The maximum atomic E-state index is 12.1. The van der Waals surface area contributed by atoms with Crippen molar-refractivity contribution in [2.75, 3.05) is 0 Å². The van der Waals surface area contributed by atoms with E-state index in [0.29, 0.717) is 27.8 Å². The van der Waals surface area contributed by atoms with Gasteiger partial charge in [-0.2, -0.15) is 0 Å². The Bertz CT molecular complexity index is 649. The average molecular weight is 390 g/mol. The van der Waals surface area contributed by atoms with Crippen LogP contribution in [-0.2, 0) is 9.59 Å². The van der Waals surface area contributed by atoms with E-state index in [2.05, 4.69) is 5.32 Å². The number of hydrogen-bond acceptors (Lipinski definition) is 4. The number of hydrogen-bond donors (Lipinski definition) is 3. The first-order chi connectivity index (χ1) is 11.3. The molecule has 0 aliphatic carbocycles. The molecule has 1 unspecified atom stereocenters. The van der Waals surface area contributed by atoms with E-state index in [1.165, 1.54) is 0 Å². The molecule has 138 valence electrons. The summed E-state index contributed by atoms with van der Waals surface area (Å²) in [4.78, 5) is 31.2. The van der Waals surface area contributed by atoms with Crippen molar-refractivity contribution in [1.82, 2.24) is 5.32 Å². The SMILES string of the molecule is CC(NC(C)(C)C)C(=O)c1ccc(Cl)c(Cl)c1.O=C(O)/C=C/C(=O)O. The summed E-state index contributed by atoms with van der Waals surface area (Å²) in [5, 5.41) is 19.7. The van der Waals surface area contributed by atoms with E-state index in [4.69, 9.17) is 33.4 Å². The van der Waals surface area contributed by atoms with E-state index in [1.807, 2.05) is 27.7 Å². The number of benzene rings is 1. The van der Waals surface area contributed by atoms with Gasteiger partial charge in [-0.1, -0.05) is 23.2 Å². The highest BCUT2D eigenvalue weighted by Crippen LogP contribution is 2.23. The number of nitrogens with one attached hydrogen (secondary N) is 1. The summed E-state index contributed by atoms with van der Waals surface area (Å²) in [6.07, 6.45) is 1.12. The molecule has 0 bridgehead atoms. The van der Waals surface area contributed by atoms with Crippen LogP contribution in [0.5, 0.6) is 0 Å². The maximum Gasteiger partial charge on any atom is 0.328 e. The molecule has 1 aromatic rings. The summed E-state index contributed by atoms with van der Waals surface area (Å²) >= 11 is 11.7. The number of carboxylic acid groups (broad SMARTS) is 2. The molecular weight excluding hydrogens is 369 g/mol. The second-order valence-corrected chi connectivity index (χ2v) is 6.93. The van der Waals surface area contributed by atoms with Crippen molar-refractivity contribution in [3.05, 3.63) is 46.0 Å². The van der Waals surface area contributed by atoms with Gasteiger partial charge in [0.1, 0.15) is 0 Å². The summed E-state index contributed by atoms with van der Waals surface area (Å²) in [6, 6.07) is 4.68. The van der Waals surface area contributed by atoms with Gasteiger partial charge in [0.25, 0.3) is 0 Å². The van der Waals surface area contributed by atoms with Crippen molar-refractivity contribution < 1.29 is 24.6 Å². The lowest BCUT2D eigenvalue weighted by atomic mass is 10.0. The van der Waals surface area contributed by atoms with E-state index < -0.39 is 11.9 Å². The van der Waals surface area contributed by atoms with Crippen LogP contribution >= 0.6 is 23.2 Å². The summed E-state index contributed by atoms with van der Waals surface area (Å²) in [5.74, 6) is -2.50. The van der Waals surface area contributed by atoms with Crippen LogP contribution in [0.3, 0.4) is 0 Å². The van der Waals surface area contributed by atoms with Crippen LogP contribution in [0.2, 0.25) is 10.0 Å². The number of aliphatic carboxylic acids is 2. The number of Topliss-reactive ketones (excluding diaryl/α,β-unsaturated/α-hetero) is 1. The van der Waals surface area contributed by atoms with Crippen LogP contribution in [-0.4, -0.2) is 39.5 Å². The average Bonchev–Trinajstić information content (AvgIpc) is 2.46. The zero-order valence-corrected chi connectivity index (χ0v) is 15.9. The summed E-state index contributed by atoms with van der Waals surface area (Å²) in [6.45, 7) is 7.90. The molecule has 1 atom stereocenters. The fourth-order valence-corrected chi connectivity index (χ4v) is 2.06. The third kappa shape index (κ3) is 10.6. The van der Waals surface area contributed by atoms with Crippen molar-refractivity contribution >= 4 is 40.9 Å². The molecule has 0 radical (unpaired) electrons. The highest BCUT2D eigenvalue weighted by Gasteiger charge is 2.21. The van der Waals surface area contributed by atoms with Gasteiger partial charge in [0, 0.05) is 23.3 Å². The molecule has 0 aliphatic heterocycles. The second kappa shape index (κ2) is 10.2. The first-order valence-electron chi connectivity index (χ1n) is 7.24. The predicted octanol–water partition coefficient (Wildman–Crippen LogP) is 3.66. The predicted molar refractivity (Wildman–Crippen MR) is 97.6 cm³/mol. The molecule has 0 heterocycles. The van der Waals surface area contributed by atoms with Gasteiger partial charge in [-0.25, -0.2) is 9.59 Å². The van der Waals surface area contributed by atoms with Gasteiger partial charge < -0.3 is 15.5 Å². The van der Waals surface area contributed by atoms with Gasteiger partial charge in [-0.15, -0.1) is 0 Å². The molecule has 0 saturated heterocycles. The van der Waals surface area contributed by atoms with Crippen LogP contribution in [0.4, 0.5) is 0 Å². The number of carbonyl (C=O) groups excluding carboxylic acids is 1. The minimum atomic E-state index is -1.26. The summed E-state index contributed by atoms with van der Waals surface area (Å²) < 4.78 is 0. The number of carbonyl (C=O) groups is 3. The standard InChI is InChI=1S/C13H17Cl2NO.C4H4O4/c1-8(16-13(2,3)4)12(17)9-5-6-10(14)11(15)7-9;5-3(6)1-2-4(7)8/h5-8,16H,1-4H3;1-2H,(H,5,6)(H,7,8)/b;2-1+.